The average molecular weight is 205 g/mol. The minimum absolute atomic E-state index is 0.195. The van der Waals surface area contributed by atoms with Gasteiger partial charge in [0.15, 0.2) is 0 Å². The van der Waals surface area contributed by atoms with Gasteiger partial charge in [0.25, 0.3) is 5.56 Å². The highest BCUT2D eigenvalue weighted by Gasteiger charge is 2.05. The standard InChI is InChI=1S/C11H15N3O/c1-9-4-5-14(7-6-13(2)3)11(15)10(9)8-12/h4-5H,6-7H2,1-3H3. The summed E-state index contributed by atoms with van der Waals surface area (Å²) in [6.07, 6.45) is 1.74. The van der Waals surface area contributed by atoms with Crippen molar-refractivity contribution in [2.24, 2.45) is 0 Å². The van der Waals surface area contributed by atoms with Crippen LogP contribution in [-0.2, 0) is 6.54 Å². The average Bonchev–Trinajstić information content (AvgIpc) is 2.17. The summed E-state index contributed by atoms with van der Waals surface area (Å²) in [4.78, 5) is 13.8. The number of rotatable bonds is 3. The molecule has 4 nitrogen and oxygen atoms in total. The van der Waals surface area contributed by atoms with E-state index in [1.807, 2.05) is 25.1 Å². The quantitative estimate of drug-likeness (QED) is 0.725. The van der Waals surface area contributed by atoms with E-state index >= 15 is 0 Å². The Balaban J connectivity index is 3.02. The summed E-state index contributed by atoms with van der Waals surface area (Å²) in [5.74, 6) is 0. The van der Waals surface area contributed by atoms with Crippen LogP contribution in [0.2, 0.25) is 0 Å². The zero-order valence-corrected chi connectivity index (χ0v) is 9.32. The highest BCUT2D eigenvalue weighted by molar-refractivity contribution is 5.33. The van der Waals surface area contributed by atoms with Gasteiger partial charge in [-0.3, -0.25) is 4.79 Å². The van der Waals surface area contributed by atoms with Gasteiger partial charge in [-0.1, -0.05) is 0 Å². The summed E-state index contributed by atoms with van der Waals surface area (Å²) in [5, 5.41) is 8.83. The van der Waals surface area contributed by atoms with E-state index in [9.17, 15) is 4.79 Å². The SMILES string of the molecule is Cc1ccn(CCN(C)C)c(=O)c1C#N. The van der Waals surface area contributed by atoms with E-state index in [1.54, 1.807) is 23.8 Å². The molecule has 1 heterocycles. The van der Waals surface area contributed by atoms with E-state index in [2.05, 4.69) is 0 Å². The molecule has 1 aromatic heterocycles. The zero-order valence-electron chi connectivity index (χ0n) is 9.32. The maximum Gasteiger partial charge on any atom is 0.268 e. The van der Waals surface area contributed by atoms with Gasteiger partial charge < -0.3 is 9.47 Å². The molecule has 1 rings (SSSR count). The molecule has 4 heteroatoms. The Hall–Kier alpha value is -1.60. The van der Waals surface area contributed by atoms with Crippen LogP contribution in [0.1, 0.15) is 11.1 Å². The summed E-state index contributed by atoms with van der Waals surface area (Å²) in [7, 11) is 3.90. The molecule has 0 amide bonds. The van der Waals surface area contributed by atoms with Crippen LogP contribution >= 0.6 is 0 Å². The second kappa shape index (κ2) is 4.76. The van der Waals surface area contributed by atoms with E-state index in [-0.39, 0.29) is 11.1 Å². The van der Waals surface area contributed by atoms with E-state index in [0.717, 1.165) is 12.1 Å². The zero-order chi connectivity index (χ0) is 11.4. The van der Waals surface area contributed by atoms with Gasteiger partial charge in [-0.05, 0) is 32.6 Å². The fraction of sp³-hybridized carbons (Fsp3) is 0.455. The summed E-state index contributed by atoms with van der Waals surface area (Å²) in [6.45, 7) is 3.17. The molecule has 0 bridgehead atoms. The second-order valence-electron chi connectivity index (χ2n) is 3.79. The highest BCUT2D eigenvalue weighted by Crippen LogP contribution is 1.99. The molecule has 0 saturated heterocycles. The molecular weight excluding hydrogens is 190 g/mol. The predicted molar refractivity (Wildman–Crippen MR) is 58.7 cm³/mol. The molecule has 0 saturated carbocycles. The molecule has 1 aromatic rings. The highest BCUT2D eigenvalue weighted by atomic mass is 16.1. The van der Waals surface area contributed by atoms with Crippen molar-refractivity contribution in [2.75, 3.05) is 20.6 Å². The summed E-state index contributed by atoms with van der Waals surface area (Å²) >= 11 is 0. The summed E-state index contributed by atoms with van der Waals surface area (Å²) < 4.78 is 1.57. The van der Waals surface area contributed by atoms with Crippen LogP contribution in [0.3, 0.4) is 0 Å². The van der Waals surface area contributed by atoms with Gasteiger partial charge in [0.1, 0.15) is 11.6 Å². The van der Waals surface area contributed by atoms with E-state index < -0.39 is 0 Å². The first kappa shape index (κ1) is 11.5. The van der Waals surface area contributed by atoms with Crippen molar-refractivity contribution in [2.45, 2.75) is 13.5 Å². The van der Waals surface area contributed by atoms with Crippen molar-refractivity contribution in [3.8, 4) is 6.07 Å². The van der Waals surface area contributed by atoms with Crippen LogP contribution in [0.15, 0.2) is 17.1 Å². The Labute approximate surface area is 89.4 Å². The lowest BCUT2D eigenvalue weighted by Crippen LogP contribution is -2.28. The first-order chi connectivity index (χ1) is 7.06. The van der Waals surface area contributed by atoms with Gasteiger partial charge in [-0.25, -0.2) is 0 Å². The molecule has 0 radical (unpaired) electrons. The van der Waals surface area contributed by atoms with Crippen LogP contribution < -0.4 is 5.56 Å². The Morgan fingerprint density at radius 3 is 2.73 bits per heavy atom. The molecule has 15 heavy (non-hydrogen) atoms. The van der Waals surface area contributed by atoms with Crippen LogP contribution in [-0.4, -0.2) is 30.1 Å². The van der Waals surface area contributed by atoms with Gasteiger partial charge in [0.05, 0.1) is 0 Å². The lowest BCUT2D eigenvalue weighted by atomic mass is 10.2. The van der Waals surface area contributed by atoms with Crippen molar-refractivity contribution < 1.29 is 0 Å². The molecule has 0 N–H and O–H groups in total. The van der Waals surface area contributed by atoms with Crippen LogP contribution in [0.25, 0.3) is 0 Å². The molecular formula is C11H15N3O. The van der Waals surface area contributed by atoms with E-state index in [1.165, 1.54) is 0 Å². The molecule has 0 aliphatic heterocycles. The third kappa shape index (κ3) is 2.67. The van der Waals surface area contributed by atoms with Crippen molar-refractivity contribution in [3.63, 3.8) is 0 Å². The fourth-order valence-corrected chi connectivity index (χ4v) is 1.28. The van der Waals surface area contributed by atoms with Crippen LogP contribution in [0, 0.1) is 18.3 Å². The maximum atomic E-state index is 11.8. The monoisotopic (exact) mass is 205 g/mol. The molecule has 0 aliphatic carbocycles. The van der Waals surface area contributed by atoms with Crippen LogP contribution in [0.5, 0.6) is 0 Å². The van der Waals surface area contributed by atoms with Gasteiger partial charge in [-0.15, -0.1) is 0 Å². The molecule has 0 aromatic carbocycles. The van der Waals surface area contributed by atoms with Gasteiger partial charge in [0.2, 0.25) is 0 Å². The van der Waals surface area contributed by atoms with E-state index in [4.69, 9.17) is 5.26 Å². The maximum absolute atomic E-state index is 11.8. The van der Waals surface area contributed by atoms with E-state index in [0.29, 0.717) is 6.54 Å². The third-order valence-electron chi connectivity index (χ3n) is 2.27. The number of nitrogens with zero attached hydrogens (tertiary/aromatic N) is 3. The normalized spacial score (nSPS) is 10.3. The molecule has 0 spiro atoms. The third-order valence-corrected chi connectivity index (χ3v) is 2.27. The molecule has 0 atom stereocenters. The molecule has 0 unspecified atom stereocenters. The number of aryl methyl sites for hydroxylation is 1. The minimum Gasteiger partial charge on any atom is -0.313 e. The Morgan fingerprint density at radius 1 is 1.53 bits per heavy atom. The van der Waals surface area contributed by atoms with Crippen molar-refractivity contribution in [1.29, 1.82) is 5.26 Å². The Kier molecular flexibility index (Phi) is 3.64. The predicted octanol–water partition coefficient (Wildman–Crippen LogP) is 0.590. The number of pyridine rings is 1. The summed E-state index contributed by atoms with van der Waals surface area (Å²) in [6, 6.07) is 3.75. The number of hydrogen-bond donors (Lipinski definition) is 0. The summed E-state index contributed by atoms with van der Waals surface area (Å²) in [5.41, 5.74) is 0.791. The first-order valence-corrected chi connectivity index (χ1v) is 4.81. The second-order valence-corrected chi connectivity index (χ2v) is 3.79. The lowest BCUT2D eigenvalue weighted by Gasteiger charge is -2.11. The Bertz CT molecular complexity index is 440. The first-order valence-electron chi connectivity index (χ1n) is 4.81. The van der Waals surface area contributed by atoms with Crippen molar-refractivity contribution >= 4 is 0 Å². The van der Waals surface area contributed by atoms with Gasteiger partial charge >= 0.3 is 0 Å². The van der Waals surface area contributed by atoms with Crippen LogP contribution in [0.4, 0.5) is 0 Å². The van der Waals surface area contributed by atoms with Gasteiger partial charge in [-0.2, -0.15) is 5.26 Å². The number of nitriles is 1. The lowest BCUT2D eigenvalue weighted by molar-refractivity contribution is 0.381. The van der Waals surface area contributed by atoms with Crippen molar-refractivity contribution in [1.82, 2.24) is 9.47 Å². The molecule has 80 valence electrons. The largest absolute Gasteiger partial charge is 0.313 e. The fourth-order valence-electron chi connectivity index (χ4n) is 1.28. The van der Waals surface area contributed by atoms with Crippen molar-refractivity contribution in [3.05, 3.63) is 33.7 Å². The van der Waals surface area contributed by atoms with Gasteiger partial charge in [0, 0.05) is 19.3 Å². The minimum atomic E-state index is -0.195. The number of aromatic nitrogens is 1. The smallest absolute Gasteiger partial charge is 0.268 e. The Morgan fingerprint density at radius 2 is 2.20 bits per heavy atom. The number of hydrogen-bond acceptors (Lipinski definition) is 3. The molecule has 0 fully saturated rings. The topological polar surface area (TPSA) is 49.0 Å². The molecule has 0 aliphatic rings. The number of likely N-dealkylation sites (N-methyl/N-ethyl adjacent to an activating group) is 1.